The van der Waals surface area contributed by atoms with Crippen LogP contribution >= 0.6 is 0 Å². The van der Waals surface area contributed by atoms with Gasteiger partial charge in [0, 0.05) is 6.42 Å². The second-order valence-electron chi connectivity index (χ2n) is 6.25. The molecular weight excluding hydrogens is 250 g/mol. The first kappa shape index (κ1) is 17.5. The maximum absolute atomic E-state index is 11.1. The maximum Gasteiger partial charge on any atom is 0.220 e. The first-order valence-corrected chi connectivity index (χ1v) is 8.71. The van der Waals surface area contributed by atoms with Crippen molar-refractivity contribution in [3.05, 3.63) is 0 Å². The summed E-state index contributed by atoms with van der Waals surface area (Å²) in [5.41, 5.74) is 0. The van der Waals surface area contributed by atoms with Gasteiger partial charge in [0.15, 0.2) is 0 Å². The van der Waals surface area contributed by atoms with Gasteiger partial charge in [-0.1, -0.05) is 71.1 Å². The van der Waals surface area contributed by atoms with Crippen LogP contribution in [0.3, 0.4) is 0 Å². The zero-order valence-corrected chi connectivity index (χ0v) is 13.2. The highest BCUT2D eigenvalue weighted by molar-refractivity contribution is 5.78. The minimum atomic E-state index is -0.338. The Morgan fingerprint density at radius 2 is 1.60 bits per heavy atom. The standard InChI is InChI=1S/C17H33NO2/c1-2-3-4-5-6-7-8-9-10-11-12-16(19)15-13-14-17(20)18-15/h15-16,19H,2-14H2,1H3,(H,18,20)/t15-,16+/m1/s1. The predicted octanol–water partition coefficient (Wildman–Crippen LogP) is 3.94. The molecular formula is C17H33NO2. The summed E-state index contributed by atoms with van der Waals surface area (Å²) in [7, 11) is 0. The van der Waals surface area contributed by atoms with E-state index in [1.807, 2.05) is 0 Å². The van der Waals surface area contributed by atoms with Crippen molar-refractivity contribution in [2.75, 3.05) is 0 Å². The van der Waals surface area contributed by atoms with E-state index < -0.39 is 0 Å². The van der Waals surface area contributed by atoms with Crippen LogP contribution in [0, 0.1) is 0 Å². The molecule has 118 valence electrons. The molecule has 1 saturated heterocycles. The summed E-state index contributed by atoms with van der Waals surface area (Å²) in [4.78, 5) is 11.1. The van der Waals surface area contributed by atoms with Crippen molar-refractivity contribution >= 4 is 5.91 Å². The Kier molecular flexibility index (Phi) is 9.73. The summed E-state index contributed by atoms with van der Waals surface area (Å²) < 4.78 is 0. The van der Waals surface area contributed by atoms with Crippen molar-refractivity contribution in [2.45, 2.75) is 103 Å². The smallest absolute Gasteiger partial charge is 0.220 e. The molecule has 2 atom stereocenters. The van der Waals surface area contributed by atoms with Gasteiger partial charge in [0.25, 0.3) is 0 Å². The van der Waals surface area contributed by atoms with Crippen LogP contribution < -0.4 is 5.32 Å². The van der Waals surface area contributed by atoms with E-state index in [1.54, 1.807) is 0 Å². The van der Waals surface area contributed by atoms with E-state index in [1.165, 1.54) is 57.8 Å². The van der Waals surface area contributed by atoms with Gasteiger partial charge in [-0.05, 0) is 12.8 Å². The molecule has 0 aromatic carbocycles. The first-order valence-electron chi connectivity index (χ1n) is 8.71. The van der Waals surface area contributed by atoms with Gasteiger partial charge >= 0.3 is 0 Å². The van der Waals surface area contributed by atoms with E-state index in [4.69, 9.17) is 0 Å². The molecule has 0 spiro atoms. The van der Waals surface area contributed by atoms with Gasteiger partial charge in [0.05, 0.1) is 12.1 Å². The highest BCUT2D eigenvalue weighted by atomic mass is 16.3. The van der Waals surface area contributed by atoms with E-state index >= 15 is 0 Å². The number of carbonyl (C=O) groups is 1. The average molecular weight is 283 g/mol. The molecule has 1 rings (SSSR count). The van der Waals surface area contributed by atoms with E-state index in [0.717, 1.165) is 19.3 Å². The number of rotatable bonds is 12. The molecule has 1 aliphatic rings. The molecule has 1 heterocycles. The van der Waals surface area contributed by atoms with Crippen molar-refractivity contribution in [3.63, 3.8) is 0 Å². The normalized spacial score (nSPS) is 20.1. The molecule has 20 heavy (non-hydrogen) atoms. The van der Waals surface area contributed by atoms with Gasteiger partial charge in [0.2, 0.25) is 5.91 Å². The number of hydrogen-bond acceptors (Lipinski definition) is 2. The van der Waals surface area contributed by atoms with Crippen LogP contribution in [0.5, 0.6) is 0 Å². The molecule has 0 aliphatic carbocycles. The van der Waals surface area contributed by atoms with E-state index in [9.17, 15) is 9.90 Å². The molecule has 2 N–H and O–H groups in total. The van der Waals surface area contributed by atoms with Crippen LogP contribution in [0.25, 0.3) is 0 Å². The highest BCUT2D eigenvalue weighted by Gasteiger charge is 2.26. The van der Waals surface area contributed by atoms with Crippen molar-refractivity contribution in [2.24, 2.45) is 0 Å². The Hall–Kier alpha value is -0.570. The van der Waals surface area contributed by atoms with E-state index in [-0.39, 0.29) is 18.1 Å². The van der Waals surface area contributed by atoms with Gasteiger partial charge in [-0.3, -0.25) is 4.79 Å². The molecule has 1 fully saturated rings. The lowest BCUT2D eigenvalue weighted by atomic mass is 10.0. The fourth-order valence-corrected chi connectivity index (χ4v) is 2.97. The predicted molar refractivity (Wildman–Crippen MR) is 83.6 cm³/mol. The van der Waals surface area contributed by atoms with E-state index in [2.05, 4.69) is 12.2 Å². The zero-order valence-electron chi connectivity index (χ0n) is 13.2. The van der Waals surface area contributed by atoms with Gasteiger partial charge < -0.3 is 10.4 Å². The third kappa shape index (κ3) is 7.88. The third-order valence-corrected chi connectivity index (χ3v) is 4.35. The van der Waals surface area contributed by atoms with Crippen LogP contribution in [-0.4, -0.2) is 23.2 Å². The second kappa shape index (κ2) is 11.1. The number of carbonyl (C=O) groups excluding carboxylic acids is 1. The van der Waals surface area contributed by atoms with Crippen LogP contribution in [0.2, 0.25) is 0 Å². The van der Waals surface area contributed by atoms with Gasteiger partial charge in [-0.15, -0.1) is 0 Å². The maximum atomic E-state index is 11.1. The molecule has 0 radical (unpaired) electrons. The molecule has 1 aliphatic heterocycles. The molecule has 3 heteroatoms. The van der Waals surface area contributed by atoms with Crippen molar-refractivity contribution < 1.29 is 9.90 Å². The van der Waals surface area contributed by atoms with Crippen LogP contribution in [0.4, 0.5) is 0 Å². The Morgan fingerprint density at radius 3 is 2.10 bits per heavy atom. The minimum Gasteiger partial charge on any atom is -0.391 e. The molecule has 0 aromatic rings. The number of aliphatic hydroxyl groups is 1. The Morgan fingerprint density at radius 1 is 1.05 bits per heavy atom. The Balaban J connectivity index is 1.83. The number of aliphatic hydroxyl groups excluding tert-OH is 1. The highest BCUT2D eigenvalue weighted by Crippen LogP contribution is 2.16. The zero-order chi connectivity index (χ0) is 14.6. The Labute approximate surface area is 124 Å². The number of amides is 1. The SMILES string of the molecule is CCCCCCCCCCCC[C@H](O)[C@H]1CCC(=O)N1. The van der Waals surface area contributed by atoms with Crippen molar-refractivity contribution in [1.29, 1.82) is 0 Å². The monoisotopic (exact) mass is 283 g/mol. The molecule has 0 aromatic heterocycles. The molecule has 3 nitrogen and oxygen atoms in total. The summed E-state index contributed by atoms with van der Waals surface area (Å²) in [6, 6.07) is 0.0149. The third-order valence-electron chi connectivity index (χ3n) is 4.35. The van der Waals surface area contributed by atoms with Gasteiger partial charge in [0.1, 0.15) is 0 Å². The van der Waals surface area contributed by atoms with Crippen LogP contribution in [-0.2, 0) is 4.79 Å². The lowest BCUT2D eigenvalue weighted by molar-refractivity contribution is -0.119. The average Bonchev–Trinajstić information content (AvgIpc) is 2.87. The number of hydrogen-bond donors (Lipinski definition) is 2. The lowest BCUT2D eigenvalue weighted by Crippen LogP contribution is -2.36. The quantitative estimate of drug-likeness (QED) is 0.533. The summed E-state index contributed by atoms with van der Waals surface area (Å²) in [5.74, 6) is 0.0946. The summed E-state index contributed by atoms with van der Waals surface area (Å²) in [6.07, 6.45) is 15.1. The van der Waals surface area contributed by atoms with E-state index in [0.29, 0.717) is 6.42 Å². The summed E-state index contributed by atoms with van der Waals surface area (Å²) >= 11 is 0. The van der Waals surface area contributed by atoms with Crippen LogP contribution in [0.1, 0.15) is 90.4 Å². The largest absolute Gasteiger partial charge is 0.391 e. The molecule has 0 saturated carbocycles. The Bertz CT molecular complexity index is 255. The van der Waals surface area contributed by atoms with Gasteiger partial charge in [-0.2, -0.15) is 0 Å². The topological polar surface area (TPSA) is 49.3 Å². The fourth-order valence-electron chi connectivity index (χ4n) is 2.97. The number of nitrogens with one attached hydrogen (secondary N) is 1. The summed E-state index contributed by atoms with van der Waals surface area (Å²) in [5, 5.41) is 12.8. The second-order valence-corrected chi connectivity index (χ2v) is 6.25. The summed E-state index contributed by atoms with van der Waals surface area (Å²) in [6.45, 7) is 2.26. The molecule has 0 bridgehead atoms. The van der Waals surface area contributed by atoms with Crippen molar-refractivity contribution in [1.82, 2.24) is 5.32 Å². The fraction of sp³-hybridized carbons (Fsp3) is 0.941. The molecule has 1 amide bonds. The minimum absolute atomic E-state index is 0.0149. The van der Waals surface area contributed by atoms with Crippen molar-refractivity contribution in [3.8, 4) is 0 Å². The van der Waals surface area contributed by atoms with Crippen LogP contribution in [0.15, 0.2) is 0 Å². The molecule has 0 unspecified atom stereocenters. The van der Waals surface area contributed by atoms with Gasteiger partial charge in [-0.25, -0.2) is 0 Å². The first-order chi connectivity index (χ1) is 9.74. The lowest BCUT2D eigenvalue weighted by Gasteiger charge is -2.17. The number of unbranched alkanes of at least 4 members (excludes halogenated alkanes) is 9.